The van der Waals surface area contributed by atoms with Crippen LogP contribution in [0.3, 0.4) is 0 Å². The van der Waals surface area contributed by atoms with E-state index in [1.807, 2.05) is 24.3 Å². The maximum absolute atomic E-state index is 14.7. The first kappa shape index (κ1) is 47.5. The highest BCUT2D eigenvalue weighted by atomic mass is 16.5. The molecule has 0 saturated carbocycles. The molecule has 10 bridgehead atoms. The third kappa shape index (κ3) is 9.55. The van der Waals surface area contributed by atoms with Crippen molar-refractivity contribution in [2.24, 2.45) is 21.8 Å². The van der Waals surface area contributed by atoms with Gasteiger partial charge in [-0.15, -0.1) is 0 Å². The van der Waals surface area contributed by atoms with Crippen LogP contribution in [0.25, 0.3) is 32.3 Å². The highest BCUT2D eigenvalue weighted by Gasteiger charge is 2.33. The van der Waals surface area contributed by atoms with Gasteiger partial charge in [-0.25, -0.2) is 0 Å². The van der Waals surface area contributed by atoms with Gasteiger partial charge in [-0.2, -0.15) is 0 Å². The third-order valence-corrected chi connectivity index (χ3v) is 13.5. The molecule has 2 atom stereocenters. The third-order valence-electron chi connectivity index (χ3n) is 13.5. The summed E-state index contributed by atoms with van der Waals surface area (Å²) < 4.78 is 13.3. The largest absolute Gasteiger partial charge is 0.489 e. The summed E-state index contributed by atoms with van der Waals surface area (Å²) in [6, 6.07) is 45.1. The summed E-state index contributed by atoms with van der Waals surface area (Å²) in [4.78, 5) is 67.5. The van der Waals surface area contributed by atoms with Gasteiger partial charge in [0.15, 0.2) is 23.1 Å². The van der Waals surface area contributed by atoms with Crippen LogP contribution in [0.1, 0.15) is 119 Å². The van der Waals surface area contributed by atoms with Crippen LogP contribution in [0.15, 0.2) is 156 Å². The number of fused-ring (bicyclic) bond motifs is 9. The first-order valence-electron chi connectivity index (χ1n) is 24.0. The van der Waals surface area contributed by atoms with Gasteiger partial charge in [-0.3, -0.25) is 29.2 Å². The molecule has 352 valence electrons. The lowest BCUT2D eigenvalue weighted by Crippen LogP contribution is -2.32. The molecule has 8 aromatic rings. The molecule has 0 amide bonds. The minimum absolute atomic E-state index is 0.105. The Balaban J connectivity index is 1.23. The Hall–Kier alpha value is -7.58. The molecule has 0 spiro atoms. The number of carbonyl (C=O) groups is 4. The monoisotopic (exact) mass is 926 g/mol. The molecule has 2 aliphatic heterocycles. The second-order valence-corrected chi connectivity index (χ2v) is 20.5. The van der Waals surface area contributed by atoms with E-state index in [1.54, 1.807) is 98.8 Å². The van der Waals surface area contributed by atoms with Crippen LogP contribution in [0, 0.1) is 11.8 Å². The maximum Gasteiger partial charge on any atom is 0.179 e. The van der Waals surface area contributed by atoms with Crippen LogP contribution < -0.4 is 9.47 Å². The molecular weight excluding hydrogens is 869 g/mol. The minimum atomic E-state index is -1.22. The van der Waals surface area contributed by atoms with E-state index in [4.69, 9.17) is 19.5 Å². The van der Waals surface area contributed by atoms with Crippen molar-refractivity contribution in [3.8, 4) is 11.5 Å². The first-order valence-corrected chi connectivity index (χ1v) is 24.0. The molecule has 0 radical (unpaired) electrons. The van der Waals surface area contributed by atoms with E-state index in [0.29, 0.717) is 45.2 Å². The fourth-order valence-corrected chi connectivity index (χ4v) is 9.56. The van der Waals surface area contributed by atoms with E-state index in [-0.39, 0.29) is 48.7 Å². The SMILES string of the molecule is CC1=NCCN=C(C)C(C(=O)c2ccccc2)C(=O)c2cccc(c2)OCc2cc3cc(C(C)(C)C)cc4c(cc5cc(C(C)(C)C)cc2c5c34)COc2cccc(c2)C(=O)C1C(=O)c1ccccc1. The van der Waals surface area contributed by atoms with Crippen molar-refractivity contribution in [3.05, 3.63) is 190 Å². The molecule has 2 unspecified atom stereocenters. The van der Waals surface area contributed by atoms with Gasteiger partial charge >= 0.3 is 0 Å². The average molecular weight is 927 g/mol. The predicted molar refractivity (Wildman–Crippen MR) is 282 cm³/mol. The van der Waals surface area contributed by atoms with Gasteiger partial charge in [-0.05, 0) is 116 Å². The molecular formula is C62H58N2O6. The topological polar surface area (TPSA) is 111 Å². The number of aliphatic imine (C=N–C) groups is 2. The molecule has 8 heteroatoms. The van der Waals surface area contributed by atoms with E-state index >= 15 is 0 Å². The Kier molecular flexibility index (Phi) is 12.9. The van der Waals surface area contributed by atoms with Crippen molar-refractivity contribution in [1.82, 2.24) is 0 Å². The van der Waals surface area contributed by atoms with Gasteiger partial charge in [0.2, 0.25) is 0 Å². The Labute approximate surface area is 409 Å². The summed E-state index contributed by atoms with van der Waals surface area (Å²) in [5.74, 6) is -3.03. The number of benzene rings is 8. The molecule has 0 saturated heterocycles. The van der Waals surface area contributed by atoms with Crippen LogP contribution in [-0.4, -0.2) is 47.6 Å². The second-order valence-electron chi connectivity index (χ2n) is 20.5. The smallest absolute Gasteiger partial charge is 0.179 e. The molecule has 0 aromatic heterocycles. The van der Waals surface area contributed by atoms with E-state index in [9.17, 15) is 19.2 Å². The first-order chi connectivity index (χ1) is 33.5. The lowest BCUT2D eigenvalue weighted by molar-refractivity contribution is 0.0836. The molecule has 0 fully saturated rings. The Morgan fingerprint density at radius 3 is 1.24 bits per heavy atom. The number of Topliss-reactive ketones (excluding diaryl/α,β-unsaturated/α-hetero) is 4. The Morgan fingerprint density at radius 2 is 0.871 bits per heavy atom. The number of nitrogens with zero attached hydrogens (tertiary/aromatic N) is 2. The number of hydrogen-bond donors (Lipinski definition) is 0. The number of ether oxygens (including phenoxy) is 2. The standard InChI is InChI=1S/C62H58N2O6/c1-37-53(57(65)39-17-11-9-12-18-39)59(67)41-21-15-23-49(31-41)69-35-45-27-43-29-48(62(6,7)8)34-52-46(28-44-30-47(61(3,4)5)33-51(45)55(44)56(43)52)36-70-50-24-16-22-42(32-50)60(68)54(38(2)64-26-25-63-37)58(66)40-19-13-10-14-20-40/h9-24,27-34,53-54H,25-26,35-36H2,1-8H3. The quantitative estimate of drug-likeness (QED) is 0.0987. The zero-order valence-electron chi connectivity index (χ0n) is 41.2. The number of hydrogen-bond acceptors (Lipinski definition) is 8. The fraction of sp³-hybridized carbons (Fsp3) is 0.258. The molecule has 70 heavy (non-hydrogen) atoms. The zero-order valence-corrected chi connectivity index (χ0v) is 41.2. The van der Waals surface area contributed by atoms with Gasteiger partial charge in [0.1, 0.15) is 36.5 Å². The lowest BCUT2D eigenvalue weighted by Gasteiger charge is -2.26. The fourth-order valence-electron chi connectivity index (χ4n) is 9.56. The molecule has 0 N–H and O–H groups in total. The molecule has 0 aliphatic carbocycles. The van der Waals surface area contributed by atoms with Gasteiger partial charge < -0.3 is 9.47 Å². The molecule has 10 rings (SSSR count). The van der Waals surface area contributed by atoms with Crippen molar-refractivity contribution >= 4 is 66.9 Å². The molecule has 8 nitrogen and oxygen atoms in total. The molecule has 2 aliphatic rings. The van der Waals surface area contributed by atoms with Crippen molar-refractivity contribution in [2.75, 3.05) is 13.1 Å². The van der Waals surface area contributed by atoms with Gasteiger partial charge in [0.05, 0.1) is 13.1 Å². The Morgan fingerprint density at radius 1 is 0.486 bits per heavy atom. The number of rotatable bonds is 4. The average Bonchev–Trinajstić information content (AvgIpc) is 3.35. The number of ketones is 4. The zero-order chi connectivity index (χ0) is 49.5. The maximum atomic E-state index is 14.7. The summed E-state index contributed by atoms with van der Waals surface area (Å²) in [5.41, 5.74) is 6.02. The highest BCUT2D eigenvalue weighted by Crippen LogP contribution is 2.43. The van der Waals surface area contributed by atoms with E-state index in [0.717, 1.165) is 43.4 Å². The van der Waals surface area contributed by atoms with Crippen LogP contribution in [0.4, 0.5) is 0 Å². The van der Waals surface area contributed by atoms with Gasteiger partial charge in [0.25, 0.3) is 0 Å². The van der Waals surface area contributed by atoms with Crippen molar-refractivity contribution in [1.29, 1.82) is 0 Å². The normalized spacial score (nSPS) is 16.6. The van der Waals surface area contributed by atoms with Crippen molar-refractivity contribution in [3.63, 3.8) is 0 Å². The van der Waals surface area contributed by atoms with E-state index in [2.05, 4.69) is 77.9 Å². The summed E-state index contributed by atoms with van der Waals surface area (Å²) >= 11 is 0. The van der Waals surface area contributed by atoms with Crippen LogP contribution in [0.5, 0.6) is 11.5 Å². The Bertz CT molecular complexity index is 3160. The summed E-state index contributed by atoms with van der Waals surface area (Å²) in [5, 5.41) is 6.56. The van der Waals surface area contributed by atoms with Crippen molar-refractivity contribution < 1.29 is 28.7 Å². The van der Waals surface area contributed by atoms with Crippen LogP contribution >= 0.6 is 0 Å². The van der Waals surface area contributed by atoms with Gasteiger partial charge in [-0.1, -0.05) is 151 Å². The van der Waals surface area contributed by atoms with Gasteiger partial charge in [0, 0.05) is 33.7 Å². The molecule has 8 aromatic carbocycles. The van der Waals surface area contributed by atoms with Crippen molar-refractivity contribution in [2.45, 2.75) is 79.4 Å². The summed E-state index contributed by atoms with van der Waals surface area (Å²) in [7, 11) is 0. The van der Waals surface area contributed by atoms with Crippen LogP contribution in [-0.2, 0) is 24.0 Å². The van der Waals surface area contributed by atoms with E-state index in [1.165, 1.54) is 11.1 Å². The summed E-state index contributed by atoms with van der Waals surface area (Å²) in [6.45, 7) is 17.3. The highest BCUT2D eigenvalue weighted by molar-refractivity contribution is 6.30. The van der Waals surface area contributed by atoms with Crippen LogP contribution in [0.2, 0.25) is 0 Å². The lowest BCUT2D eigenvalue weighted by atomic mass is 9.79. The van der Waals surface area contributed by atoms with E-state index < -0.39 is 23.4 Å². The number of carbonyl (C=O) groups excluding carboxylic acids is 4. The summed E-state index contributed by atoms with van der Waals surface area (Å²) in [6.07, 6.45) is 0. The second kappa shape index (κ2) is 19.1. The predicted octanol–water partition coefficient (Wildman–Crippen LogP) is 13.6. The molecule has 2 heterocycles. The minimum Gasteiger partial charge on any atom is -0.489 e.